The van der Waals surface area contributed by atoms with Crippen LogP contribution in [0.25, 0.3) is 11.0 Å². The quantitative estimate of drug-likeness (QED) is 0.574. The number of urea groups is 1. The number of aromatic nitrogens is 4. The highest BCUT2D eigenvalue weighted by molar-refractivity contribution is 7.89. The summed E-state index contributed by atoms with van der Waals surface area (Å²) in [6.07, 6.45) is 5.33. The largest absolute Gasteiger partial charge is 0.346 e. The number of amides is 2. The minimum absolute atomic E-state index is 0.229. The highest BCUT2D eigenvalue weighted by Gasteiger charge is 2.43. The van der Waals surface area contributed by atoms with Crippen LogP contribution in [0.15, 0.2) is 24.5 Å². The molecule has 5 rings (SSSR count). The zero-order valence-electron chi connectivity index (χ0n) is 19.8. The van der Waals surface area contributed by atoms with E-state index in [4.69, 9.17) is 0 Å². The molecule has 0 unspecified atom stereocenters. The molecule has 10 nitrogen and oxygen atoms in total. The van der Waals surface area contributed by atoms with Crippen molar-refractivity contribution in [3.8, 4) is 0 Å². The van der Waals surface area contributed by atoms with E-state index in [0.717, 1.165) is 40.8 Å². The van der Waals surface area contributed by atoms with Gasteiger partial charge in [-0.1, -0.05) is 0 Å². The first kappa shape index (κ1) is 22.9. The number of aryl methyl sites for hydroxylation is 2. The number of hydrogen-bond donors (Lipinski definition) is 2. The second kappa shape index (κ2) is 8.70. The van der Waals surface area contributed by atoms with Gasteiger partial charge in [0, 0.05) is 68.8 Å². The smallest absolute Gasteiger partial charge is 0.317 e. The molecule has 182 valence electrons. The standard InChI is InChI=1S/C23H31N7O3S/c1-15-20(16(2)28(3)27-15)11-26-23(31)29-13-18(14-29)34(32,33)30-9-6-17(7-10-30)21-12-25-22-19(21)5-4-8-24-22/h4-5,8,12,17-18H,6-7,9-11,13-14H2,1-3H3,(H,24,25)(H,26,31). The first-order chi connectivity index (χ1) is 16.3. The maximum Gasteiger partial charge on any atom is 0.317 e. The van der Waals surface area contributed by atoms with E-state index in [1.807, 2.05) is 33.2 Å². The van der Waals surface area contributed by atoms with Crippen LogP contribution in [0.3, 0.4) is 0 Å². The molecule has 0 aromatic carbocycles. The van der Waals surface area contributed by atoms with Crippen LogP contribution in [0.5, 0.6) is 0 Å². The predicted octanol–water partition coefficient (Wildman–Crippen LogP) is 2.02. The maximum absolute atomic E-state index is 13.2. The molecule has 2 fully saturated rings. The van der Waals surface area contributed by atoms with Crippen LogP contribution >= 0.6 is 0 Å². The lowest BCUT2D eigenvalue weighted by atomic mass is 9.90. The average Bonchev–Trinajstić information content (AvgIpc) is 3.32. The van der Waals surface area contributed by atoms with Crippen LogP contribution in [0.1, 0.15) is 41.3 Å². The highest BCUT2D eigenvalue weighted by atomic mass is 32.2. The fourth-order valence-corrected chi connectivity index (χ4v) is 6.97. The number of sulfonamides is 1. The normalized spacial score (nSPS) is 18.4. The van der Waals surface area contributed by atoms with Crippen molar-refractivity contribution in [2.24, 2.45) is 7.05 Å². The summed E-state index contributed by atoms with van der Waals surface area (Å²) in [6, 6.07) is 3.75. The van der Waals surface area contributed by atoms with E-state index >= 15 is 0 Å². The molecule has 2 aliphatic rings. The minimum atomic E-state index is -3.43. The van der Waals surface area contributed by atoms with Crippen molar-refractivity contribution in [1.82, 2.24) is 34.3 Å². The number of rotatable bonds is 5. The van der Waals surface area contributed by atoms with Crippen LogP contribution in [0.4, 0.5) is 4.79 Å². The molecule has 3 aromatic heterocycles. The molecule has 0 radical (unpaired) electrons. The summed E-state index contributed by atoms with van der Waals surface area (Å²) in [6.45, 7) is 5.73. The Hall–Kier alpha value is -2.92. The number of nitrogens with one attached hydrogen (secondary N) is 2. The fourth-order valence-electron chi connectivity index (χ4n) is 5.09. The molecule has 0 aliphatic carbocycles. The van der Waals surface area contributed by atoms with Gasteiger partial charge in [0.1, 0.15) is 10.9 Å². The number of piperidine rings is 1. The third kappa shape index (κ3) is 3.96. The minimum Gasteiger partial charge on any atom is -0.346 e. The molecule has 2 N–H and O–H groups in total. The van der Waals surface area contributed by atoms with Gasteiger partial charge in [-0.25, -0.2) is 22.5 Å². The van der Waals surface area contributed by atoms with Gasteiger partial charge in [-0.2, -0.15) is 5.10 Å². The molecule has 2 aliphatic heterocycles. The van der Waals surface area contributed by atoms with Crippen LogP contribution < -0.4 is 5.32 Å². The second-order valence-corrected chi connectivity index (χ2v) is 11.5. The van der Waals surface area contributed by atoms with Gasteiger partial charge in [0.05, 0.1) is 5.69 Å². The van der Waals surface area contributed by atoms with Crippen LogP contribution in [0.2, 0.25) is 0 Å². The van der Waals surface area contributed by atoms with E-state index in [2.05, 4.69) is 26.4 Å². The Balaban J connectivity index is 1.13. The van der Waals surface area contributed by atoms with Gasteiger partial charge < -0.3 is 15.2 Å². The van der Waals surface area contributed by atoms with Crippen LogP contribution in [-0.2, 0) is 23.6 Å². The summed E-state index contributed by atoms with van der Waals surface area (Å²) in [5.74, 6) is 0.312. The molecule has 2 saturated heterocycles. The lowest BCUT2D eigenvalue weighted by Gasteiger charge is -2.42. The zero-order valence-corrected chi connectivity index (χ0v) is 20.6. The van der Waals surface area contributed by atoms with Crippen molar-refractivity contribution in [2.75, 3.05) is 26.2 Å². The Kier molecular flexibility index (Phi) is 5.85. The van der Waals surface area contributed by atoms with Crippen molar-refractivity contribution in [3.63, 3.8) is 0 Å². The summed E-state index contributed by atoms with van der Waals surface area (Å²) in [4.78, 5) is 21.7. The topological polar surface area (TPSA) is 116 Å². The average molecular weight is 486 g/mol. The third-order valence-electron chi connectivity index (χ3n) is 7.37. The van der Waals surface area contributed by atoms with Crippen LogP contribution in [0, 0.1) is 13.8 Å². The molecule has 0 atom stereocenters. The number of pyridine rings is 1. The Labute approximate surface area is 199 Å². The lowest BCUT2D eigenvalue weighted by Crippen LogP contribution is -2.62. The van der Waals surface area contributed by atoms with Crippen LogP contribution in [-0.4, -0.2) is 74.8 Å². The second-order valence-electron chi connectivity index (χ2n) is 9.32. The molecule has 0 saturated carbocycles. The molecule has 3 aromatic rings. The number of H-pyrrole nitrogens is 1. The molecule has 2 amide bonds. The van der Waals surface area contributed by atoms with Crippen molar-refractivity contribution in [3.05, 3.63) is 47.0 Å². The Bertz CT molecular complexity index is 1320. The highest BCUT2D eigenvalue weighted by Crippen LogP contribution is 2.34. The molecular weight excluding hydrogens is 454 g/mol. The number of aromatic amines is 1. The third-order valence-corrected chi connectivity index (χ3v) is 9.59. The fraction of sp³-hybridized carbons (Fsp3) is 0.522. The lowest BCUT2D eigenvalue weighted by molar-refractivity contribution is 0.166. The SMILES string of the molecule is Cc1nn(C)c(C)c1CNC(=O)N1CC(S(=O)(=O)N2CCC(c3c[nH]c4ncccc34)CC2)C1. The molecule has 5 heterocycles. The van der Waals surface area contributed by atoms with Gasteiger partial charge in [-0.3, -0.25) is 4.68 Å². The van der Waals surface area contributed by atoms with E-state index in [1.54, 1.807) is 20.1 Å². The van der Waals surface area contributed by atoms with Gasteiger partial charge in [0.25, 0.3) is 0 Å². The number of hydrogen-bond acceptors (Lipinski definition) is 5. The van der Waals surface area contributed by atoms with Gasteiger partial charge in [0.2, 0.25) is 10.0 Å². The van der Waals surface area contributed by atoms with Crippen molar-refractivity contribution in [1.29, 1.82) is 0 Å². The molecule has 34 heavy (non-hydrogen) atoms. The van der Waals surface area contributed by atoms with Crippen molar-refractivity contribution >= 4 is 27.1 Å². The summed E-state index contributed by atoms with van der Waals surface area (Å²) >= 11 is 0. The number of carbonyl (C=O) groups is 1. The first-order valence-corrected chi connectivity index (χ1v) is 13.2. The number of fused-ring (bicyclic) bond motifs is 1. The summed E-state index contributed by atoms with van der Waals surface area (Å²) in [5.41, 5.74) is 4.97. The molecule has 0 spiro atoms. The molecular formula is C23H31N7O3S. The Morgan fingerprint density at radius 1 is 1.24 bits per heavy atom. The maximum atomic E-state index is 13.2. The zero-order chi connectivity index (χ0) is 24.0. The predicted molar refractivity (Wildman–Crippen MR) is 129 cm³/mol. The molecule has 11 heteroatoms. The monoisotopic (exact) mass is 485 g/mol. The van der Waals surface area contributed by atoms with Gasteiger partial charge in [-0.15, -0.1) is 0 Å². The van der Waals surface area contributed by atoms with Gasteiger partial charge >= 0.3 is 6.03 Å². The first-order valence-electron chi connectivity index (χ1n) is 11.7. The van der Waals surface area contributed by atoms with Gasteiger partial charge in [0.15, 0.2) is 0 Å². The number of nitrogens with zero attached hydrogens (tertiary/aromatic N) is 5. The van der Waals surface area contributed by atoms with E-state index in [1.165, 1.54) is 5.56 Å². The Morgan fingerprint density at radius 2 is 1.97 bits per heavy atom. The summed E-state index contributed by atoms with van der Waals surface area (Å²) in [5, 5.41) is 7.84. The van der Waals surface area contributed by atoms with Crippen molar-refractivity contribution < 1.29 is 13.2 Å². The van der Waals surface area contributed by atoms with Gasteiger partial charge in [-0.05, 0) is 50.3 Å². The molecule has 0 bridgehead atoms. The van der Waals surface area contributed by atoms with E-state index in [9.17, 15) is 13.2 Å². The van der Waals surface area contributed by atoms with E-state index in [0.29, 0.717) is 25.6 Å². The Morgan fingerprint density at radius 3 is 2.65 bits per heavy atom. The number of likely N-dealkylation sites (tertiary alicyclic amines) is 1. The number of carbonyl (C=O) groups excluding carboxylic acids is 1. The van der Waals surface area contributed by atoms with Crippen molar-refractivity contribution in [2.45, 2.75) is 44.4 Å². The summed E-state index contributed by atoms with van der Waals surface area (Å²) < 4.78 is 29.7. The van der Waals surface area contributed by atoms with E-state index in [-0.39, 0.29) is 19.1 Å². The summed E-state index contributed by atoms with van der Waals surface area (Å²) in [7, 11) is -1.55. The van der Waals surface area contributed by atoms with E-state index < -0.39 is 15.3 Å².